The van der Waals surface area contributed by atoms with Crippen LogP contribution in [0.25, 0.3) is 11.6 Å². The Labute approximate surface area is 133 Å². The molecule has 2 nitrogen and oxygen atoms in total. The summed E-state index contributed by atoms with van der Waals surface area (Å²) in [6.07, 6.45) is 2.36. The molecule has 22 heavy (non-hydrogen) atoms. The van der Waals surface area contributed by atoms with Crippen molar-refractivity contribution in [1.82, 2.24) is 4.90 Å². The van der Waals surface area contributed by atoms with E-state index in [2.05, 4.69) is 85.3 Å². The Kier molecular flexibility index (Phi) is 4.30. The molecule has 0 unspecified atom stereocenters. The number of anilines is 2. The lowest BCUT2D eigenvalue weighted by Gasteiger charge is -2.24. The van der Waals surface area contributed by atoms with Crippen molar-refractivity contribution in [1.29, 1.82) is 0 Å². The molecular formula is C20H24N2. The van der Waals surface area contributed by atoms with Gasteiger partial charge in [-0.05, 0) is 42.4 Å². The summed E-state index contributed by atoms with van der Waals surface area (Å²) in [5, 5.41) is 0. The third kappa shape index (κ3) is 2.67. The molecule has 0 saturated carbocycles. The molecule has 0 atom stereocenters. The first kappa shape index (κ1) is 14.9. The highest BCUT2D eigenvalue weighted by molar-refractivity contribution is 5.95. The van der Waals surface area contributed by atoms with Gasteiger partial charge in [-0.3, -0.25) is 4.90 Å². The van der Waals surface area contributed by atoms with Gasteiger partial charge in [0.05, 0.1) is 0 Å². The predicted molar refractivity (Wildman–Crippen MR) is 96.6 cm³/mol. The highest BCUT2D eigenvalue weighted by Gasteiger charge is 2.19. The SMILES string of the molecule is CCN(CC)CC1=Cc2ccccc2N(C)c2ccccc21. The van der Waals surface area contributed by atoms with Gasteiger partial charge in [-0.25, -0.2) is 0 Å². The fourth-order valence-corrected chi connectivity index (χ4v) is 3.17. The number of hydrogen-bond donors (Lipinski definition) is 0. The maximum atomic E-state index is 2.47. The fraction of sp³-hybridized carbons (Fsp3) is 0.300. The van der Waals surface area contributed by atoms with E-state index in [0.717, 1.165) is 19.6 Å². The molecule has 1 aliphatic rings. The molecule has 2 aromatic rings. The smallest absolute Gasteiger partial charge is 0.0485 e. The first-order valence-electron chi connectivity index (χ1n) is 8.09. The monoisotopic (exact) mass is 292 g/mol. The molecule has 0 fully saturated rings. The molecule has 1 heterocycles. The van der Waals surface area contributed by atoms with Crippen LogP contribution in [-0.2, 0) is 0 Å². The Balaban J connectivity index is 2.14. The lowest BCUT2D eigenvalue weighted by atomic mass is 10.0. The molecule has 114 valence electrons. The molecule has 2 aromatic carbocycles. The predicted octanol–water partition coefficient (Wildman–Crippen LogP) is 4.65. The van der Waals surface area contributed by atoms with Crippen LogP contribution in [0, 0.1) is 0 Å². The number of fused-ring (bicyclic) bond motifs is 2. The summed E-state index contributed by atoms with van der Waals surface area (Å²) in [7, 11) is 2.16. The maximum absolute atomic E-state index is 2.47. The molecule has 0 aromatic heterocycles. The van der Waals surface area contributed by atoms with Gasteiger partial charge in [-0.1, -0.05) is 50.2 Å². The minimum atomic E-state index is 0.992. The lowest BCUT2D eigenvalue weighted by Crippen LogP contribution is -2.25. The lowest BCUT2D eigenvalue weighted by molar-refractivity contribution is 0.342. The number of rotatable bonds is 4. The van der Waals surface area contributed by atoms with Gasteiger partial charge in [0.15, 0.2) is 0 Å². The van der Waals surface area contributed by atoms with E-state index < -0.39 is 0 Å². The zero-order chi connectivity index (χ0) is 15.5. The second kappa shape index (κ2) is 6.37. The Bertz CT molecular complexity index is 684. The summed E-state index contributed by atoms with van der Waals surface area (Å²) in [4.78, 5) is 4.77. The zero-order valence-corrected chi connectivity index (χ0v) is 13.7. The summed E-state index contributed by atoms with van der Waals surface area (Å²) in [6, 6.07) is 17.4. The average molecular weight is 292 g/mol. The Morgan fingerprint density at radius 3 is 2.23 bits per heavy atom. The minimum absolute atomic E-state index is 0.992. The molecule has 3 rings (SSSR count). The third-order valence-corrected chi connectivity index (χ3v) is 4.53. The summed E-state index contributed by atoms with van der Waals surface area (Å²) in [6.45, 7) is 7.60. The fourth-order valence-electron chi connectivity index (χ4n) is 3.17. The van der Waals surface area contributed by atoms with E-state index in [0.29, 0.717) is 0 Å². The van der Waals surface area contributed by atoms with Crippen LogP contribution in [0.5, 0.6) is 0 Å². The van der Waals surface area contributed by atoms with Crippen molar-refractivity contribution in [2.24, 2.45) is 0 Å². The molecule has 0 spiro atoms. The van der Waals surface area contributed by atoms with Crippen LogP contribution in [0.3, 0.4) is 0 Å². The van der Waals surface area contributed by atoms with Gasteiger partial charge in [-0.2, -0.15) is 0 Å². The van der Waals surface area contributed by atoms with E-state index in [1.165, 1.54) is 28.1 Å². The standard InChI is InChI=1S/C20H24N2/c1-4-22(5-2)15-17-14-16-10-6-8-12-19(16)21(3)20-13-9-7-11-18(17)20/h6-14H,4-5,15H2,1-3H3. The minimum Gasteiger partial charge on any atom is -0.344 e. The molecular weight excluding hydrogens is 268 g/mol. The third-order valence-electron chi connectivity index (χ3n) is 4.53. The van der Waals surface area contributed by atoms with Crippen molar-refractivity contribution < 1.29 is 0 Å². The number of benzene rings is 2. The second-order valence-electron chi connectivity index (χ2n) is 5.77. The molecule has 0 saturated heterocycles. The van der Waals surface area contributed by atoms with Crippen LogP contribution in [0.4, 0.5) is 11.4 Å². The van der Waals surface area contributed by atoms with Gasteiger partial charge in [0.25, 0.3) is 0 Å². The molecule has 0 amide bonds. The van der Waals surface area contributed by atoms with Crippen LogP contribution in [-0.4, -0.2) is 31.6 Å². The molecule has 0 N–H and O–H groups in total. The number of likely N-dealkylation sites (N-methyl/N-ethyl adjacent to an activating group) is 1. The molecule has 0 aliphatic carbocycles. The van der Waals surface area contributed by atoms with Gasteiger partial charge < -0.3 is 4.90 Å². The zero-order valence-electron chi connectivity index (χ0n) is 13.7. The van der Waals surface area contributed by atoms with Crippen LogP contribution in [0.15, 0.2) is 48.5 Å². The van der Waals surface area contributed by atoms with E-state index in [9.17, 15) is 0 Å². The van der Waals surface area contributed by atoms with E-state index in [4.69, 9.17) is 0 Å². The van der Waals surface area contributed by atoms with Gasteiger partial charge in [0, 0.05) is 30.5 Å². The molecule has 0 bridgehead atoms. The van der Waals surface area contributed by atoms with Crippen molar-refractivity contribution in [3.8, 4) is 0 Å². The second-order valence-corrected chi connectivity index (χ2v) is 5.77. The summed E-state index contributed by atoms with van der Waals surface area (Å²) < 4.78 is 0. The first-order valence-corrected chi connectivity index (χ1v) is 8.09. The van der Waals surface area contributed by atoms with E-state index in [1.807, 2.05) is 0 Å². The van der Waals surface area contributed by atoms with Gasteiger partial charge in [0.1, 0.15) is 0 Å². The van der Waals surface area contributed by atoms with Crippen molar-refractivity contribution in [3.05, 3.63) is 59.7 Å². The van der Waals surface area contributed by atoms with Crippen molar-refractivity contribution in [2.75, 3.05) is 31.6 Å². The molecule has 2 heteroatoms. The van der Waals surface area contributed by atoms with Crippen LogP contribution in [0.1, 0.15) is 25.0 Å². The van der Waals surface area contributed by atoms with E-state index >= 15 is 0 Å². The largest absolute Gasteiger partial charge is 0.344 e. The maximum Gasteiger partial charge on any atom is 0.0485 e. The Hall–Kier alpha value is -2.06. The Morgan fingerprint density at radius 2 is 1.50 bits per heavy atom. The summed E-state index contributed by atoms with van der Waals surface area (Å²) in [5.74, 6) is 0. The molecule has 0 radical (unpaired) electrons. The number of para-hydroxylation sites is 2. The molecule has 1 aliphatic heterocycles. The van der Waals surface area contributed by atoms with Crippen LogP contribution < -0.4 is 4.90 Å². The normalized spacial score (nSPS) is 13.5. The van der Waals surface area contributed by atoms with Gasteiger partial charge in [-0.15, -0.1) is 0 Å². The van der Waals surface area contributed by atoms with Crippen LogP contribution >= 0.6 is 0 Å². The summed E-state index contributed by atoms with van der Waals surface area (Å²) in [5.41, 5.74) is 6.59. The Morgan fingerprint density at radius 1 is 0.864 bits per heavy atom. The van der Waals surface area contributed by atoms with Crippen molar-refractivity contribution in [2.45, 2.75) is 13.8 Å². The summed E-state index contributed by atoms with van der Waals surface area (Å²) >= 11 is 0. The van der Waals surface area contributed by atoms with E-state index in [1.54, 1.807) is 0 Å². The van der Waals surface area contributed by atoms with Gasteiger partial charge in [0.2, 0.25) is 0 Å². The van der Waals surface area contributed by atoms with Crippen LogP contribution in [0.2, 0.25) is 0 Å². The highest BCUT2D eigenvalue weighted by Crippen LogP contribution is 2.38. The van der Waals surface area contributed by atoms with Crippen molar-refractivity contribution in [3.63, 3.8) is 0 Å². The number of nitrogens with zero attached hydrogens (tertiary/aromatic N) is 2. The number of hydrogen-bond acceptors (Lipinski definition) is 2. The first-order chi connectivity index (χ1) is 10.7. The van der Waals surface area contributed by atoms with Gasteiger partial charge >= 0.3 is 0 Å². The topological polar surface area (TPSA) is 6.48 Å². The quantitative estimate of drug-likeness (QED) is 0.809. The van der Waals surface area contributed by atoms with E-state index in [-0.39, 0.29) is 0 Å². The highest BCUT2D eigenvalue weighted by atomic mass is 15.1. The average Bonchev–Trinajstić information content (AvgIpc) is 2.69. The van der Waals surface area contributed by atoms with Crippen molar-refractivity contribution >= 4 is 23.0 Å².